The summed E-state index contributed by atoms with van der Waals surface area (Å²) in [6.07, 6.45) is 6.92. The predicted octanol–water partition coefficient (Wildman–Crippen LogP) is 3.22. The van der Waals surface area contributed by atoms with Crippen LogP contribution in [-0.2, 0) is 0 Å². The Balaban J connectivity index is 1.65. The highest BCUT2D eigenvalue weighted by atomic mass is 16.5. The molecular weight excluding hydrogens is 260 g/mol. The Morgan fingerprint density at radius 1 is 1.14 bits per heavy atom. The van der Waals surface area contributed by atoms with Crippen LogP contribution in [0.3, 0.4) is 0 Å². The molecule has 1 N–H and O–H groups in total. The van der Waals surface area contributed by atoms with Crippen molar-refractivity contribution < 1.29 is 4.74 Å². The van der Waals surface area contributed by atoms with Crippen molar-refractivity contribution in [2.24, 2.45) is 5.92 Å². The van der Waals surface area contributed by atoms with E-state index in [1.165, 1.54) is 57.3 Å². The number of hydrogen-bond donors (Lipinski definition) is 1. The van der Waals surface area contributed by atoms with Crippen molar-refractivity contribution >= 4 is 0 Å². The molecule has 21 heavy (non-hydrogen) atoms. The van der Waals surface area contributed by atoms with Gasteiger partial charge < -0.3 is 10.1 Å². The molecule has 1 atom stereocenters. The van der Waals surface area contributed by atoms with Crippen LogP contribution in [0.2, 0.25) is 0 Å². The minimum absolute atomic E-state index is 0.509. The number of ether oxygens (including phenoxy) is 1. The topological polar surface area (TPSA) is 24.5 Å². The predicted molar refractivity (Wildman–Crippen MR) is 86.8 cm³/mol. The Morgan fingerprint density at radius 2 is 1.86 bits per heavy atom. The minimum Gasteiger partial charge on any atom is -0.497 e. The molecule has 3 heteroatoms. The van der Waals surface area contributed by atoms with Gasteiger partial charge in [0.25, 0.3) is 0 Å². The summed E-state index contributed by atoms with van der Waals surface area (Å²) < 4.78 is 5.29. The molecule has 0 bridgehead atoms. The standard InChI is InChI=1S/C18H28N2O/c1-21-17-9-7-16(8-10-17)18(14-19-13-15-5-6-15)20-11-3-2-4-12-20/h7-10,15,18-19H,2-6,11-14H2,1H3. The van der Waals surface area contributed by atoms with E-state index in [0.717, 1.165) is 18.2 Å². The van der Waals surface area contributed by atoms with E-state index in [9.17, 15) is 0 Å². The number of benzene rings is 1. The van der Waals surface area contributed by atoms with Gasteiger partial charge in [-0.05, 0) is 68.9 Å². The van der Waals surface area contributed by atoms with Crippen molar-refractivity contribution in [1.29, 1.82) is 0 Å². The zero-order valence-electron chi connectivity index (χ0n) is 13.2. The Labute approximate surface area is 128 Å². The fourth-order valence-electron chi connectivity index (χ4n) is 3.26. The Hall–Kier alpha value is -1.06. The van der Waals surface area contributed by atoms with E-state index in [2.05, 4.69) is 34.5 Å². The summed E-state index contributed by atoms with van der Waals surface area (Å²) in [4.78, 5) is 2.66. The van der Waals surface area contributed by atoms with Crippen LogP contribution in [0.15, 0.2) is 24.3 Å². The summed E-state index contributed by atoms with van der Waals surface area (Å²) >= 11 is 0. The number of likely N-dealkylation sites (tertiary alicyclic amines) is 1. The first-order valence-corrected chi connectivity index (χ1v) is 8.45. The van der Waals surface area contributed by atoms with E-state index >= 15 is 0 Å². The molecule has 2 fully saturated rings. The molecule has 1 aromatic carbocycles. The van der Waals surface area contributed by atoms with Crippen LogP contribution < -0.4 is 10.1 Å². The van der Waals surface area contributed by atoms with Crippen molar-refractivity contribution in [3.8, 4) is 5.75 Å². The Kier molecular flexibility index (Phi) is 5.15. The highest BCUT2D eigenvalue weighted by Gasteiger charge is 2.24. The monoisotopic (exact) mass is 288 g/mol. The first-order chi connectivity index (χ1) is 10.4. The van der Waals surface area contributed by atoms with E-state index < -0.39 is 0 Å². The van der Waals surface area contributed by atoms with Crippen molar-refractivity contribution in [3.63, 3.8) is 0 Å². The molecule has 1 saturated heterocycles. The molecule has 1 aliphatic carbocycles. The fraction of sp³-hybridized carbons (Fsp3) is 0.667. The minimum atomic E-state index is 0.509. The molecule has 0 spiro atoms. The second kappa shape index (κ2) is 7.28. The van der Waals surface area contributed by atoms with Gasteiger partial charge in [-0.2, -0.15) is 0 Å². The zero-order valence-corrected chi connectivity index (χ0v) is 13.2. The van der Waals surface area contributed by atoms with Gasteiger partial charge in [0.1, 0.15) is 5.75 Å². The largest absolute Gasteiger partial charge is 0.497 e. The molecular formula is C18H28N2O. The smallest absolute Gasteiger partial charge is 0.118 e. The van der Waals surface area contributed by atoms with Crippen LogP contribution in [0.4, 0.5) is 0 Å². The van der Waals surface area contributed by atoms with Crippen LogP contribution in [0.25, 0.3) is 0 Å². The number of piperidine rings is 1. The molecule has 1 heterocycles. The maximum absolute atomic E-state index is 5.29. The first-order valence-electron chi connectivity index (χ1n) is 8.45. The first kappa shape index (κ1) is 14.9. The third kappa shape index (κ3) is 4.21. The van der Waals surface area contributed by atoms with Crippen molar-refractivity contribution in [2.45, 2.75) is 38.1 Å². The highest BCUT2D eigenvalue weighted by molar-refractivity contribution is 5.29. The average molecular weight is 288 g/mol. The lowest BCUT2D eigenvalue weighted by Gasteiger charge is -2.35. The van der Waals surface area contributed by atoms with E-state index in [0.29, 0.717) is 6.04 Å². The van der Waals surface area contributed by atoms with E-state index in [1.54, 1.807) is 7.11 Å². The number of hydrogen-bond acceptors (Lipinski definition) is 3. The fourth-order valence-corrected chi connectivity index (χ4v) is 3.26. The third-order valence-electron chi connectivity index (χ3n) is 4.80. The molecule has 0 aromatic heterocycles. The van der Waals surface area contributed by atoms with E-state index in [1.807, 2.05) is 0 Å². The molecule has 116 valence electrons. The lowest BCUT2D eigenvalue weighted by Crippen LogP contribution is -2.39. The second-order valence-electron chi connectivity index (χ2n) is 6.49. The number of nitrogens with zero attached hydrogens (tertiary/aromatic N) is 1. The summed E-state index contributed by atoms with van der Waals surface area (Å²) in [5, 5.41) is 3.70. The summed E-state index contributed by atoms with van der Waals surface area (Å²) in [5.41, 5.74) is 1.42. The van der Waals surface area contributed by atoms with Crippen LogP contribution >= 0.6 is 0 Å². The van der Waals surface area contributed by atoms with Gasteiger partial charge in [0.05, 0.1) is 7.11 Å². The van der Waals surface area contributed by atoms with E-state index in [-0.39, 0.29) is 0 Å². The zero-order chi connectivity index (χ0) is 14.5. The third-order valence-corrected chi connectivity index (χ3v) is 4.80. The van der Waals surface area contributed by atoms with Crippen LogP contribution in [0.1, 0.15) is 43.7 Å². The molecule has 1 unspecified atom stereocenters. The summed E-state index contributed by atoms with van der Waals surface area (Å²) in [5.74, 6) is 1.89. The van der Waals surface area contributed by atoms with Gasteiger partial charge in [-0.1, -0.05) is 18.6 Å². The van der Waals surface area contributed by atoms with Gasteiger partial charge >= 0.3 is 0 Å². The highest BCUT2D eigenvalue weighted by Crippen LogP contribution is 2.29. The average Bonchev–Trinajstić information content (AvgIpc) is 3.37. The van der Waals surface area contributed by atoms with Crippen LogP contribution in [-0.4, -0.2) is 38.2 Å². The van der Waals surface area contributed by atoms with Gasteiger partial charge in [0.15, 0.2) is 0 Å². The summed E-state index contributed by atoms with van der Waals surface area (Å²) in [7, 11) is 1.73. The molecule has 3 nitrogen and oxygen atoms in total. The molecule has 1 aliphatic heterocycles. The quantitative estimate of drug-likeness (QED) is 0.834. The van der Waals surface area contributed by atoms with Crippen molar-refractivity contribution in [2.75, 3.05) is 33.3 Å². The molecule has 3 rings (SSSR count). The summed E-state index contributed by atoms with van der Waals surface area (Å²) in [6, 6.07) is 9.16. The lowest BCUT2D eigenvalue weighted by atomic mass is 10.0. The number of nitrogens with one attached hydrogen (secondary N) is 1. The number of rotatable bonds is 7. The summed E-state index contributed by atoms with van der Waals surface area (Å²) in [6.45, 7) is 4.74. The SMILES string of the molecule is COc1ccc(C(CNCC2CC2)N2CCCCC2)cc1. The Morgan fingerprint density at radius 3 is 2.48 bits per heavy atom. The molecule has 1 saturated carbocycles. The maximum Gasteiger partial charge on any atom is 0.118 e. The maximum atomic E-state index is 5.29. The molecule has 1 aromatic rings. The van der Waals surface area contributed by atoms with Gasteiger partial charge in [-0.3, -0.25) is 4.90 Å². The Bertz CT molecular complexity index is 421. The molecule has 0 radical (unpaired) electrons. The van der Waals surface area contributed by atoms with Crippen LogP contribution in [0, 0.1) is 5.92 Å². The van der Waals surface area contributed by atoms with Gasteiger partial charge in [0.2, 0.25) is 0 Å². The second-order valence-corrected chi connectivity index (χ2v) is 6.49. The van der Waals surface area contributed by atoms with E-state index in [4.69, 9.17) is 4.74 Å². The lowest BCUT2D eigenvalue weighted by molar-refractivity contribution is 0.160. The van der Waals surface area contributed by atoms with Gasteiger partial charge in [-0.15, -0.1) is 0 Å². The molecule has 2 aliphatic rings. The normalized spacial score (nSPS) is 21.2. The van der Waals surface area contributed by atoms with Crippen molar-refractivity contribution in [1.82, 2.24) is 10.2 Å². The van der Waals surface area contributed by atoms with Gasteiger partial charge in [0, 0.05) is 12.6 Å². The van der Waals surface area contributed by atoms with Gasteiger partial charge in [-0.25, -0.2) is 0 Å². The van der Waals surface area contributed by atoms with Crippen LogP contribution in [0.5, 0.6) is 5.75 Å². The van der Waals surface area contributed by atoms with Crippen molar-refractivity contribution in [3.05, 3.63) is 29.8 Å². The number of methoxy groups -OCH3 is 1. The molecule has 0 amide bonds.